The van der Waals surface area contributed by atoms with E-state index in [-0.39, 0.29) is 17.9 Å². The van der Waals surface area contributed by atoms with Gasteiger partial charge in [-0.05, 0) is 57.4 Å². The van der Waals surface area contributed by atoms with Crippen molar-refractivity contribution in [2.24, 2.45) is 5.73 Å². The van der Waals surface area contributed by atoms with Gasteiger partial charge in [0, 0.05) is 24.2 Å². The number of nitrogens with two attached hydrogens (primary N) is 1. The standard InChI is InChI=1S/C21H29N3O2/c1-14-8-5-6-9-15(14)12-17(22)19(25)13-18-16(10-7-11-23-18)20(26)24-21(2,3)4/h5-11,17,19,25H,12-13,22H2,1-4H3,(H,24,26). The molecule has 0 radical (unpaired) electrons. The smallest absolute Gasteiger partial charge is 0.253 e. The summed E-state index contributed by atoms with van der Waals surface area (Å²) in [5.41, 5.74) is 9.17. The van der Waals surface area contributed by atoms with Gasteiger partial charge in [0.15, 0.2) is 0 Å². The van der Waals surface area contributed by atoms with Crippen LogP contribution >= 0.6 is 0 Å². The Labute approximate surface area is 155 Å². The van der Waals surface area contributed by atoms with Crippen LogP contribution in [0.2, 0.25) is 0 Å². The van der Waals surface area contributed by atoms with Crippen molar-refractivity contribution in [3.8, 4) is 0 Å². The summed E-state index contributed by atoms with van der Waals surface area (Å²) in [7, 11) is 0. The summed E-state index contributed by atoms with van der Waals surface area (Å²) >= 11 is 0. The molecule has 0 spiro atoms. The number of benzene rings is 1. The number of carbonyl (C=O) groups is 1. The third-order valence-corrected chi connectivity index (χ3v) is 4.24. The Balaban J connectivity index is 2.10. The zero-order valence-electron chi connectivity index (χ0n) is 16.0. The van der Waals surface area contributed by atoms with E-state index in [0.29, 0.717) is 17.7 Å². The molecule has 2 unspecified atom stereocenters. The number of aliphatic hydroxyl groups is 1. The lowest BCUT2D eigenvalue weighted by molar-refractivity contribution is 0.0916. The van der Waals surface area contributed by atoms with Crippen molar-refractivity contribution in [3.63, 3.8) is 0 Å². The first-order chi connectivity index (χ1) is 12.2. The third-order valence-electron chi connectivity index (χ3n) is 4.24. The van der Waals surface area contributed by atoms with Crippen LogP contribution in [0, 0.1) is 6.92 Å². The molecule has 140 valence electrons. The van der Waals surface area contributed by atoms with Crippen LogP contribution in [0.4, 0.5) is 0 Å². The predicted molar refractivity (Wildman–Crippen MR) is 104 cm³/mol. The molecule has 1 heterocycles. The fourth-order valence-corrected chi connectivity index (χ4v) is 2.79. The lowest BCUT2D eigenvalue weighted by Gasteiger charge is -2.23. The van der Waals surface area contributed by atoms with E-state index in [1.807, 2.05) is 52.0 Å². The SMILES string of the molecule is Cc1ccccc1CC(N)C(O)Cc1ncccc1C(=O)NC(C)(C)C. The zero-order valence-corrected chi connectivity index (χ0v) is 16.0. The monoisotopic (exact) mass is 355 g/mol. The molecule has 1 aromatic heterocycles. The van der Waals surface area contributed by atoms with E-state index >= 15 is 0 Å². The summed E-state index contributed by atoms with van der Waals surface area (Å²) < 4.78 is 0. The maximum atomic E-state index is 12.5. The van der Waals surface area contributed by atoms with Crippen molar-refractivity contribution >= 4 is 5.91 Å². The molecule has 26 heavy (non-hydrogen) atoms. The normalized spacial score (nSPS) is 13.9. The first-order valence-electron chi connectivity index (χ1n) is 8.92. The van der Waals surface area contributed by atoms with Crippen LogP contribution in [0.3, 0.4) is 0 Å². The Morgan fingerprint density at radius 1 is 1.19 bits per heavy atom. The number of aliphatic hydroxyl groups excluding tert-OH is 1. The molecule has 5 nitrogen and oxygen atoms in total. The van der Waals surface area contributed by atoms with Gasteiger partial charge in [0.25, 0.3) is 5.91 Å². The Morgan fingerprint density at radius 3 is 2.54 bits per heavy atom. The van der Waals surface area contributed by atoms with Gasteiger partial charge in [-0.15, -0.1) is 0 Å². The van der Waals surface area contributed by atoms with Gasteiger partial charge < -0.3 is 16.2 Å². The second-order valence-corrected chi connectivity index (χ2v) is 7.77. The van der Waals surface area contributed by atoms with Gasteiger partial charge in [-0.1, -0.05) is 24.3 Å². The minimum Gasteiger partial charge on any atom is -0.391 e. The van der Waals surface area contributed by atoms with Crippen LogP contribution in [0.5, 0.6) is 0 Å². The topological polar surface area (TPSA) is 88.2 Å². The maximum Gasteiger partial charge on any atom is 0.253 e. The molecular formula is C21H29N3O2. The quantitative estimate of drug-likeness (QED) is 0.742. The highest BCUT2D eigenvalue weighted by atomic mass is 16.3. The lowest BCUT2D eigenvalue weighted by Crippen LogP contribution is -2.42. The minimum atomic E-state index is -0.786. The Hall–Kier alpha value is -2.24. The molecule has 1 aromatic carbocycles. The number of nitrogens with zero attached hydrogens (tertiary/aromatic N) is 1. The first-order valence-corrected chi connectivity index (χ1v) is 8.92. The average Bonchev–Trinajstić information content (AvgIpc) is 2.55. The van der Waals surface area contributed by atoms with Crippen molar-refractivity contribution in [1.29, 1.82) is 0 Å². The van der Waals surface area contributed by atoms with E-state index in [9.17, 15) is 9.90 Å². The summed E-state index contributed by atoms with van der Waals surface area (Å²) in [6.45, 7) is 7.80. The Bertz CT molecular complexity index is 753. The first kappa shape index (κ1) is 20.1. The molecular weight excluding hydrogens is 326 g/mol. The summed E-state index contributed by atoms with van der Waals surface area (Å²) in [6.07, 6.45) is 1.65. The van der Waals surface area contributed by atoms with E-state index in [0.717, 1.165) is 11.1 Å². The van der Waals surface area contributed by atoms with Gasteiger partial charge in [-0.2, -0.15) is 0 Å². The van der Waals surface area contributed by atoms with Gasteiger partial charge in [-0.3, -0.25) is 9.78 Å². The molecule has 0 bridgehead atoms. The molecule has 0 aliphatic rings. The number of pyridine rings is 1. The van der Waals surface area contributed by atoms with Crippen LogP contribution in [-0.2, 0) is 12.8 Å². The predicted octanol–water partition coefficient (Wildman–Crippen LogP) is 2.39. The highest BCUT2D eigenvalue weighted by Gasteiger charge is 2.22. The van der Waals surface area contributed by atoms with Gasteiger partial charge in [0.05, 0.1) is 17.4 Å². The second kappa shape index (κ2) is 8.43. The molecule has 0 aliphatic carbocycles. The molecule has 2 aromatic rings. The number of hydrogen-bond donors (Lipinski definition) is 3. The second-order valence-electron chi connectivity index (χ2n) is 7.77. The molecule has 0 aliphatic heterocycles. The highest BCUT2D eigenvalue weighted by molar-refractivity contribution is 5.95. The molecule has 5 heteroatoms. The van der Waals surface area contributed by atoms with E-state index in [4.69, 9.17) is 5.73 Å². The number of rotatable bonds is 6. The number of nitrogens with one attached hydrogen (secondary N) is 1. The van der Waals surface area contributed by atoms with Gasteiger partial charge in [0.2, 0.25) is 0 Å². The van der Waals surface area contributed by atoms with E-state index in [1.165, 1.54) is 0 Å². The van der Waals surface area contributed by atoms with Crippen molar-refractivity contribution in [2.45, 2.75) is 58.2 Å². The van der Waals surface area contributed by atoms with Gasteiger partial charge >= 0.3 is 0 Å². The molecule has 2 rings (SSSR count). The average molecular weight is 355 g/mol. The van der Waals surface area contributed by atoms with E-state index in [1.54, 1.807) is 18.3 Å². The lowest BCUT2D eigenvalue weighted by atomic mass is 9.95. The summed E-state index contributed by atoms with van der Waals surface area (Å²) in [6, 6.07) is 11.0. The molecule has 1 amide bonds. The minimum absolute atomic E-state index is 0.194. The molecule has 0 saturated heterocycles. The fourth-order valence-electron chi connectivity index (χ4n) is 2.79. The highest BCUT2D eigenvalue weighted by Crippen LogP contribution is 2.15. The Morgan fingerprint density at radius 2 is 1.88 bits per heavy atom. The zero-order chi connectivity index (χ0) is 19.3. The number of amides is 1. The van der Waals surface area contributed by atoms with Gasteiger partial charge in [-0.25, -0.2) is 0 Å². The number of aromatic nitrogens is 1. The van der Waals surface area contributed by atoms with Crippen LogP contribution in [0.1, 0.15) is 48.0 Å². The largest absolute Gasteiger partial charge is 0.391 e. The Kier molecular flexibility index (Phi) is 6.51. The van der Waals surface area contributed by atoms with E-state index < -0.39 is 12.1 Å². The van der Waals surface area contributed by atoms with Gasteiger partial charge in [0.1, 0.15) is 0 Å². The molecule has 4 N–H and O–H groups in total. The number of aryl methyl sites for hydroxylation is 1. The maximum absolute atomic E-state index is 12.5. The van der Waals surface area contributed by atoms with Crippen LogP contribution in [-0.4, -0.2) is 33.7 Å². The molecule has 2 atom stereocenters. The molecule has 0 saturated carbocycles. The van der Waals surface area contributed by atoms with Crippen molar-refractivity contribution < 1.29 is 9.90 Å². The number of hydrogen-bond acceptors (Lipinski definition) is 4. The molecule has 0 fully saturated rings. The van der Waals surface area contributed by atoms with Crippen LogP contribution in [0.25, 0.3) is 0 Å². The van der Waals surface area contributed by atoms with Crippen molar-refractivity contribution in [3.05, 3.63) is 65.0 Å². The summed E-state index contributed by atoms with van der Waals surface area (Å²) in [5, 5.41) is 13.5. The number of carbonyl (C=O) groups excluding carboxylic acids is 1. The van der Waals surface area contributed by atoms with Crippen LogP contribution < -0.4 is 11.1 Å². The van der Waals surface area contributed by atoms with Crippen LogP contribution in [0.15, 0.2) is 42.6 Å². The van der Waals surface area contributed by atoms with Crippen molar-refractivity contribution in [1.82, 2.24) is 10.3 Å². The van der Waals surface area contributed by atoms with E-state index in [2.05, 4.69) is 10.3 Å². The summed E-state index contributed by atoms with van der Waals surface area (Å²) in [5.74, 6) is -0.194. The fraction of sp³-hybridized carbons (Fsp3) is 0.429. The summed E-state index contributed by atoms with van der Waals surface area (Å²) in [4.78, 5) is 16.8. The van der Waals surface area contributed by atoms with Crippen molar-refractivity contribution in [2.75, 3.05) is 0 Å². The third kappa shape index (κ3) is 5.64.